The molecule has 3 aromatic rings. The lowest BCUT2D eigenvalue weighted by Crippen LogP contribution is -2.48. The number of anilines is 1. The molecule has 1 aliphatic rings. The zero-order valence-electron chi connectivity index (χ0n) is 20.6. The Labute approximate surface area is 236 Å². The molecule has 1 aliphatic heterocycles. The number of nitrogens with zero attached hydrogens (tertiary/aromatic N) is 4. The summed E-state index contributed by atoms with van der Waals surface area (Å²) in [5.41, 5.74) is 5.10. The highest BCUT2D eigenvalue weighted by atomic mass is 127. The zero-order chi connectivity index (χ0) is 24.8. The van der Waals surface area contributed by atoms with Gasteiger partial charge in [0.25, 0.3) is 0 Å². The second-order valence-corrected chi connectivity index (χ2v) is 13.4. The summed E-state index contributed by atoms with van der Waals surface area (Å²) in [5, 5.41) is 1.26. The summed E-state index contributed by atoms with van der Waals surface area (Å²) in [6, 6.07) is 15.0. The molecule has 2 aromatic carbocycles. The van der Waals surface area contributed by atoms with Crippen molar-refractivity contribution in [3.63, 3.8) is 0 Å². The fourth-order valence-corrected chi connectivity index (χ4v) is 5.13. The first-order valence-electron chi connectivity index (χ1n) is 12.3. The van der Waals surface area contributed by atoms with Crippen LogP contribution >= 0.6 is 45.7 Å². The van der Waals surface area contributed by atoms with Crippen molar-refractivity contribution >= 4 is 68.2 Å². The number of carbonyl (C=O) groups is 1. The molecule has 0 atom stereocenters. The van der Waals surface area contributed by atoms with Gasteiger partial charge in [0.2, 0.25) is 5.91 Å². The van der Waals surface area contributed by atoms with Gasteiger partial charge >= 0.3 is 0 Å². The molecule has 4 rings (SSSR count). The Hall–Kier alpha value is -1.53. The van der Waals surface area contributed by atoms with Crippen molar-refractivity contribution in [2.24, 2.45) is 7.05 Å². The van der Waals surface area contributed by atoms with Gasteiger partial charge in [-0.05, 0) is 62.1 Å². The Balaban J connectivity index is 1.18. The minimum Gasteiger partial charge on any atom is -0.494 e. The van der Waals surface area contributed by atoms with Crippen molar-refractivity contribution in [3.8, 4) is 5.75 Å². The molecule has 188 valence electrons. The van der Waals surface area contributed by atoms with Crippen LogP contribution in [0.4, 0.5) is 5.69 Å². The number of aromatic nitrogens is 1. The fourth-order valence-electron chi connectivity index (χ4n) is 4.64. The number of halogens is 2. The van der Waals surface area contributed by atoms with Gasteiger partial charge in [0.1, 0.15) is 5.75 Å². The molecule has 1 aromatic heterocycles. The van der Waals surface area contributed by atoms with E-state index in [1.165, 1.54) is 27.7 Å². The summed E-state index contributed by atoms with van der Waals surface area (Å²) in [5.74, 6) is 1.17. The topological polar surface area (TPSA) is 41.0 Å². The number of hydrogen-bond acceptors (Lipinski definition) is 4. The van der Waals surface area contributed by atoms with Crippen molar-refractivity contribution < 1.29 is 9.53 Å². The number of aryl methyl sites for hydroxylation is 2. The van der Waals surface area contributed by atoms with Crippen LogP contribution in [0, 0.1) is 6.92 Å². The van der Waals surface area contributed by atoms with Gasteiger partial charge < -0.3 is 19.1 Å². The third kappa shape index (κ3) is 7.25. The van der Waals surface area contributed by atoms with E-state index in [1.807, 2.05) is 11.0 Å². The fraction of sp³-hybridized carbons (Fsp3) is 0.444. The van der Waals surface area contributed by atoms with Crippen molar-refractivity contribution in [2.75, 3.05) is 44.2 Å². The van der Waals surface area contributed by atoms with Crippen LogP contribution in [0.5, 0.6) is 5.75 Å². The summed E-state index contributed by atoms with van der Waals surface area (Å²) in [7, 11) is 2.09. The van der Waals surface area contributed by atoms with Crippen LogP contribution in [0.1, 0.15) is 30.4 Å². The number of carbonyl (C=O) groups excluding carboxylic acids is 1. The predicted octanol–water partition coefficient (Wildman–Crippen LogP) is 5.93. The average molecular weight is 700 g/mol. The number of ether oxygens (including phenoxy) is 1. The number of unbranched alkanes of at least 4 members (excludes halogenated alkanes) is 1. The number of rotatable bonds is 10. The molecule has 6 nitrogen and oxygen atoms in total. The molecule has 2 heterocycles. The molecule has 1 saturated heterocycles. The molecule has 35 heavy (non-hydrogen) atoms. The van der Waals surface area contributed by atoms with Gasteiger partial charge in [0, 0.05) is 115 Å². The largest absolute Gasteiger partial charge is 0.494 e. The number of benzene rings is 2. The maximum Gasteiger partial charge on any atom is 0.222 e. The van der Waals surface area contributed by atoms with Gasteiger partial charge in [0.15, 0.2) is 0 Å². The summed E-state index contributed by atoms with van der Waals surface area (Å²) in [6.45, 7) is 7.14. The Morgan fingerprint density at radius 2 is 1.77 bits per heavy atom. The Kier molecular flexibility index (Phi) is 9.57. The monoisotopic (exact) mass is 700 g/mol. The number of hydrogen-bond donors (Lipinski definition) is 0. The van der Waals surface area contributed by atoms with Crippen LogP contribution in [0.25, 0.3) is 10.9 Å². The average Bonchev–Trinajstić information content (AvgIpc) is 3.17. The minimum atomic E-state index is 0.267. The Morgan fingerprint density at radius 1 is 1.03 bits per heavy atom. The lowest BCUT2D eigenvalue weighted by molar-refractivity contribution is -0.131. The molecule has 0 N–H and O–H groups in total. The highest BCUT2D eigenvalue weighted by molar-refractivity contribution is 14.2. The first-order valence-corrected chi connectivity index (χ1v) is 14.2. The number of piperazine rings is 1. The Bertz CT molecular complexity index is 1120. The molecule has 0 bridgehead atoms. The SMILES string of the molecule is Cc1ccc(N2CCN(C(=O)CCCCOc3ccc4c(c3)c(CCN(I)I)cn4C)CC2)cc1. The lowest BCUT2D eigenvalue weighted by Gasteiger charge is -2.36. The van der Waals surface area contributed by atoms with Gasteiger partial charge in [-0.25, -0.2) is 0 Å². The normalized spacial score (nSPS) is 14.2. The smallest absolute Gasteiger partial charge is 0.222 e. The van der Waals surface area contributed by atoms with Crippen LogP contribution in [-0.4, -0.2) is 56.0 Å². The van der Waals surface area contributed by atoms with Crippen LogP contribution in [0.3, 0.4) is 0 Å². The molecule has 0 aliphatic carbocycles. The van der Waals surface area contributed by atoms with Gasteiger partial charge in [-0.1, -0.05) is 17.7 Å². The molecular weight excluding hydrogens is 666 g/mol. The molecule has 8 heteroatoms. The van der Waals surface area contributed by atoms with E-state index in [0.717, 1.165) is 57.7 Å². The standard InChI is InChI=1S/C27H34I2N4O2/c1-21-6-8-23(9-7-21)31-14-16-32(17-15-31)27(34)5-3-4-18-35-24-10-11-26-25(19-24)22(20-30(26)2)12-13-33(28)29/h6-11,19-20H,3-5,12-18H2,1-2H3. The highest BCUT2D eigenvalue weighted by Crippen LogP contribution is 2.27. The van der Waals surface area contributed by atoms with E-state index in [2.05, 4.69) is 113 Å². The van der Waals surface area contributed by atoms with Crippen molar-refractivity contribution in [3.05, 3.63) is 59.8 Å². The third-order valence-electron chi connectivity index (χ3n) is 6.68. The second-order valence-electron chi connectivity index (χ2n) is 9.23. The van der Waals surface area contributed by atoms with E-state index in [1.54, 1.807) is 0 Å². The maximum absolute atomic E-state index is 12.7. The lowest BCUT2D eigenvalue weighted by atomic mass is 10.1. The third-order valence-corrected chi connectivity index (χ3v) is 7.64. The van der Waals surface area contributed by atoms with Gasteiger partial charge in [-0.3, -0.25) is 4.79 Å². The van der Waals surface area contributed by atoms with Crippen molar-refractivity contribution in [2.45, 2.75) is 32.6 Å². The van der Waals surface area contributed by atoms with Gasteiger partial charge in [0.05, 0.1) is 6.61 Å². The summed E-state index contributed by atoms with van der Waals surface area (Å²) >= 11 is 4.63. The van der Waals surface area contributed by atoms with E-state index >= 15 is 0 Å². The molecule has 0 radical (unpaired) electrons. The van der Waals surface area contributed by atoms with Crippen molar-refractivity contribution in [1.82, 2.24) is 10.8 Å². The number of amides is 1. The van der Waals surface area contributed by atoms with Crippen LogP contribution in [-0.2, 0) is 18.3 Å². The maximum atomic E-state index is 12.7. The second kappa shape index (κ2) is 12.6. The van der Waals surface area contributed by atoms with Gasteiger partial charge in [-0.15, -0.1) is 0 Å². The minimum absolute atomic E-state index is 0.267. The first kappa shape index (κ1) is 26.5. The van der Waals surface area contributed by atoms with Crippen LogP contribution < -0.4 is 9.64 Å². The predicted molar refractivity (Wildman–Crippen MR) is 161 cm³/mol. The first-order chi connectivity index (χ1) is 16.9. The molecular formula is C27H34I2N4O2. The van der Waals surface area contributed by atoms with E-state index in [0.29, 0.717) is 13.0 Å². The van der Waals surface area contributed by atoms with Gasteiger partial charge in [-0.2, -0.15) is 1.33 Å². The molecule has 1 fully saturated rings. The molecule has 0 spiro atoms. The highest BCUT2D eigenvalue weighted by Gasteiger charge is 2.20. The van der Waals surface area contributed by atoms with Crippen LogP contribution in [0.15, 0.2) is 48.7 Å². The molecule has 0 saturated carbocycles. The van der Waals surface area contributed by atoms with E-state index in [9.17, 15) is 4.79 Å². The van der Waals surface area contributed by atoms with E-state index in [-0.39, 0.29) is 5.91 Å². The molecule has 1 amide bonds. The van der Waals surface area contributed by atoms with E-state index in [4.69, 9.17) is 4.74 Å². The summed E-state index contributed by atoms with van der Waals surface area (Å²) in [4.78, 5) is 17.1. The zero-order valence-corrected chi connectivity index (χ0v) is 24.9. The Morgan fingerprint density at radius 3 is 2.49 bits per heavy atom. The van der Waals surface area contributed by atoms with E-state index < -0.39 is 0 Å². The number of fused-ring (bicyclic) bond motifs is 1. The molecule has 0 unspecified atom stereocenters. The summed E-state index contributed by atoms with van der Waals surface area (Å²) in [6.07, 6.45) is 5.56. The quantitative estimate of drug-likeness (QED) is 0.150. The summed E-state index contributed by atoms with van der Waals surface area (Å²) < 4.78 is 10.4. The van der Waals surface area contributed by atoms with Crippen molar-refractivity contribution in [1.29, 1.82) is 0 Å². The van der Waals surface area contributed by atoms with Crippen LogP contribution in [0.2, 0.25) is 0 Å².